The number of ether oxygens (including phenoxy) is 2. The zero-order valence-corrected chi connectivity index (χ0v) is 13.1. The molecule has 0 atom stereocenters. The van der Waals surface area contributed by atoms with Crippen LogP contribution < -0.4 is 14.8 Å². The Kier molecular flexibility index (Phi) is 5.38. The molecule has 1 aromatic heterocycles. The molecule has 0 aliphatic carbocycles. The van der Waals surface area contributed by atoms with Crippen LogP contribution in [0.25, 0.3) is 0 Å². The van der Waals surface area contributed by atoms with Gasteiger partial charge in [-0.3, -0.25) is 9.48 Å². The number of benzene rings is 1. The number of hydrogen-bond acceptors (Lipinski definition) is 4. The number of nitrogens with one attached hydrogen (secondary N) is 1. The van der Waals surface area contributed by atoms with Crippen molar-refractivity contribution in [2.45, 2.75) is 13.5 Å². The van der Waals surface area contributed by atoms with Gasteiger partial charge in [-0.05, 0) is 19.1 Å². The maximum atomic E-state index is 12.3. The molecule has 2 aromatic rings. The second-order valence-electron chi connectivity index (χ2n) is 4.43. The van der Waals surface area contributed by atoms with Crippen molar-refractivity contribution in [3.05, 3.63) is 35.1 Å². The molecule has 0 unspecified atom stereocenters. The molecule has 9 heteroatoms. The molecule has 0 radical (unpaired) electrons. The van der Waals surface area contributed by atoms with Crippen LogP contribution in [0.2, 0.25) is 5.02 Å². The number of aryl methyl sites for hydroxylation is 1. The molecule has 1 N–H and O–H groups in total. The smallest absolute Gasteiger partial charge is 0.387 e. The quantitative estimate of drug-likeness (QED) is 0.872. The molecule has 1 aromatic carbocycles. The Balaban J connectivity index is 2.21. The van der Waals surface area contributed by atoms with Gasteiger partial charge in [-0.25, -0.2) is 0 Å². The number of alkyl halides is 2. The fourth-order valence-corrected chi connectivity index (χ4v) is 2.12. The summed E-state index contributed by atoms with van der Waals surface area (Å²) in [6.45, 7) is -1.02. The maximum Gasteiger partial charge on any atom is 0.387 e. The van der Waals surface area contributed by atoms with Crippen molar-refractivity contribution < 1.29 is 23.0 Å². The fraction of sp³-hybridized carbons (Fsp3) is 0.286. The van der Waals surface area contributed by atoms with E-state index in [1.165, 1.54) is 29.1 Å². The standard InChI is InChI=1S/C14H14ClF2N3O3/c1-3-22-11-6-8(4-5-10(11)23-14(16)17)18-13(21)12-9(15)7-20(2)19-12/h4-7,14H,3H2,1-2H3,(H,18,21). The maximum absolute atomic E-state index is 12.3. The largest absolute Gasteiger partial charge is 0.490 e. The monoisotopic (exact) mass is 345 g/mol. The molecule has 0 aliphatic heterocycles. The van der Waals surface area contributed by atoms with E-state index < -0.39 is 12.5 Å². The Hall–Kier alpha value is -2.35. The number of carbonyl (C=O) groups excluding carboxylic acids is 1. The SMILES string of the molecule is CCOc1cc(NC(=O)c2nn(C)cc2Cl)ccc1OC(F)F. The number of rotatable bonds is 6. The van der Waals surface area contributed by atoms with Gasteiger partial charge >= 0.3 is 6.61 Å². The highest BCUT2D eigenvalue weighted by atomic mass is 35.5. The lowest BCUT2D eigenvalue weighted by Gasteiger charge is -2.13. The molecule has 124 valence electrons. The van der Waals surface area contributed by atoms with E-state index in [-0.39, 0.29) is 28.8 Å². The van der Waals surface area contributed by atoms with E-state index >= 15 is 0 Å². The third-order valence-corrected chi connectivity index (χ3v) is 2.99. The number of carbonyl (C=O) groups is 1. The van der Waals surface area contributed by atoms with Gasteiger partial charge in [0, 0.05) is 25.0 Å². The third-order valence-electron chi connectivity index (χ3n) is 2.72. The van der Waals surface area contributed by atoms with Crippen molar-refractivity contribution in [2.24, 2.45) is 7.05 Å². The van der Waals surface area contributed by atoms with Crippen LogP contribution in [0, 0.1) is 0 Å². The Morgan fingerprint density at radius 1 is 1.43 bits per heavy atom. The minimum Gasteiger partial charge on any atom is -0.490 e. The van der Waals surface area contributed by atoms with Gasteiger partial charge in [-0.15, -0.1) is 0 Å². The van der Waals surface area contributed by atoms with Gasteiger partial charge < -0.3 is 14.8 Å². The Morgan fingerprint density at radius 2 is 2.17 bits per heavy atom. The summed E-state index contributed by atoms with van der Waals surface area (Å²) in [5.74, 6) is -0.547. The van der Waals surface area contributed by atoms with Crippen molar-refractivity contribution in [2.75, 3.05) is 11.9 Å². The molecule has 0 aliphatic rings. The highest BCUT2D eigenvalue weighted by molar-refractivity contribution is 6.34. The molecule has 1 amide bonds. The van der Waals surface area contributed by atoms with Crippen LogP contribution in [0.5, 0.6) is 11.5 Å². The number of halogens is 3. The van der Waals surface area contributed by atoms with E-state index in [0.29, 0.717) is 5.69 Å². The van der Waals surface area contributed by atoms with Gasteiger partial charge in [0.25, 0.3) is 5.91 Å². The van der Waals surface area contributed by atoms with Gasteiger partial charge in [0.1, 0.15) is 0 Å². The normalized spacial score (nSPS) is 10.7. The molecule has 0 saturated carbocycles. The van der Waals surface area contributed by atoms with Crippen LogP contribution in [0.15, 0.2) is 24.4 Å². The van der Waals surface area contributed by atoms with E-state index in [4.69, 9.17) is 16.3 Å². The van der Waals surface area contributed by atoms with Gasteiger partial charge in [-0.1, -0.05) is 11.6 Å². The molecule has 0 spiro atoms. The molecule has 0 fully saturated rings. The van der Waals surface area contributed by atoms with Crippen molar-refractivity contribution in [1.29, 1.82) is 0 Å². The first-order valence-electron chi connectivity index (χ1n) is 6.63. The Bertz CT molecular complexity index is 707. The average molecular weight is 346 g/mol. The summed E-state index contributed by atoms with van der Waals surface area (Å²) in [6.07, 6.45) is 1.49. The lowest BCUT2D eigenvalue weighted by Crippen LogP contribution is -2.14. The number of hydrogen-bond donors (Lipinski definition) is 1. The predicted molar refractivity (Wildman–Crippen MR) is 80.4 cm³/mol. The van der Waals surface area contributed by atoms with Crippen molar-refractivity contribution in [3.63, 3.8) is 0 Å². The summed E-state index contributed by atoms with van der Waals surface area (Å²) in [4.78, 5) is 12.1. The summed E-state index contributed by atoms with van der Waals surface area (Å²) in [7, 11) is 1.63. The first-order valence-corrected chi connectivity index (χ1v) is 7.00. The fourth-order valence-electron chi connectivity index (χ4n) is 1.85. The number of aromatic nitrogens is 2. The summed E-state index contributed by atoms with van der Waals surface area (Å²) in [5.41, 5.74) is 0.391. The molecular weight excluding hydrogens is 332 g/mol. The van der Waals surface area contributed by atoms with E-state index in [0.717, 1.165) is 0 Å². The van der Waals surface area contributed by atoms with Crippen molar-refractivity contribution in [1.82, 2.24) is 9.78 Å². The first-order chi connectivity index (χ1) is 10.9. The highest BCUT2D eigenvalue weighted by Crippen LogP contribution is 2.32. The lowest BCUT2D eigenvalue weighted by molar-refractivity contribution is -0.0514. The zero-order chi connectivity index (χ0) is 17.0. The number of nitrogens with zero attached hydrogens (tertiary/aromatic N) is 2. The van der Waals surface area contributed by atoms with Crippen molar-refractivity contribution >= 4 is 23.2 Å². The average Bonchev–Trinajstić information content (AvgIpc) is 2.80. The van der Waals surface area contributed by atoms with E-state index in [1.807, 2.05) is 0 Å². The second kappa shape index (κ2) is 7.28. The minimum atomic E-state index is -2.97. The number of anilines is 1. The summed E-state index contributed by atoms with van der Waals surface area (Å²) in [5, 5.41) is 6.71. The minimum absolute atomic E-state index is 0.0556. The van der Waals surface area contributed by atoms with Gasteiger partial charge in [0.15, 0.2) is 17.2 Å². The lowest BCUT2D eigenvalue weighted by atomic mass is 10.2. The highest BCUT2D eigenvalue weighted by Gasteiger charge is 2.17. The topological polar surface area (TPSA) is 65.4 Å². The van der Waals surface area contributed by atoms with Gasteiger partial charge in [0.05, 0.1) is 11.6 Å². The van der Waals surface area contributed by atoms with Crippen molar-refractivity contribution in [3.8, 4) is 11.5 Å². The molecule has 0 saturated heterocycles. The van der Waals surface area contributed by atoms with Crippen LogP contribution in [0.3, 0.4) is 0 Å². The summed E-state index contributed by atoms with van der Waals surface area (Å²) in [6, 6.07) is 4.08. The van der Waals surface area contributed by atoms with E-state index in [2.05, 4.69) is 15.2 Å². The molecule has 0 bridgehead atoms. The Morgan fingerprint density at radius 3 is 2.74 bits per heavy atom. The second-order valence-corrected chi connectivity index (χ2v) is 4.83. The molecule has 23 heavy (non-hydrogen) atoms. The number of amides is 1. The van der Waals surface area contributed by atoms with Crippen LogP contribution in [-0.4, -0.2) is 28.9 Å². The van der Waals surface area contributed by atoms with Crippen LogP contribution in [0.1, 0.15) is 17.4 Å². The van der Waals surface area contributed by atoms with E-state index in [1.54, 1.807) is 14.0 Å². The summed E-state index contributed by atoms with van der Waals surface area (Å²) < 4.78 is 35.7. The molecule has 2 rings (SSSR count). The molecule has 6 nitrogen and oxygen atoms in total. The van der Waals surface area contributed by atoms with Crippen LogP contribution in [0.4, 0.5) is 14.5 Å². The molecular formula is C14H14ClF2N3O3. The van der Waals surface area contributed by atoms with Gasteiger partial charge in [0.2, 0.25) is 0 Å². The first kappa shape index (κ1) is 17.0. The van der Waals surface area contributed by atoms with Crippen LogP contribution >= 0.6 is 11.6 Å². The van der Waals surface area contributed by atoms with Gasteiger partial charge in [-0.2, -0.15) is 13.9 Å². The molecule has 1 heterocycles. The summed E-state index contributed by atoms with van der Waals surface area (Å²) >= 11 is 5.90. The van der Waals surface area contributed by atoms with Crippen LogP contribution in [-0.2, 0) is 7.05 Å². The predicted octanol–water partition coefficient (Wildman–Crippen LogP) is 3.33. The Labute approximate surface area is 135 Å². The van der Waals surface area contributed by atoms with E-state index in [9.17, 15) is 13.6 Å². The zero-order valence-electron chi connectivity index (χ0n) is 12.3. The third kappa shape index (κ3) is 4.32.